The molecule has 1 aromatic heterocycles. The summed E-state index contributed by atoms with van der Waals surface area (Å²) in [5.74, 6) is -1.55. The molecule has 0 saturated heterocycles. The number of aromatic carboxylic acids is 1. The molecule has 5 heteroatoms. The van der Waals surface area contributed by atoms with Gasteiger partial charge in [-0.3, -0.25) is 4.98 Å². The Kier molecular flexibility index (Phi) is 3.56. The molecule has 0 aromatic carbocycles. The third kappa shape index (κ3) is 3.22. The molecule has 0 atom stereocenters. The molecular weight excluding hydrogens is 198 g/mol. The van der Waals surface area contributed by atoms with Gasteiger partial charge in [-0.15, -0.1) is 0 Å². The number of carboxylic acid groups (broad SMARTS) is 1. The highest BCUT2D eigenvalue weighted by molar-refractivity contribution is 5.89. The van der Waals surface area contributed by atoms with Crippen LogP contribution in [0, 0.1) is 0 Å². The summed E-state index contributed by atoms with van der Waals surface area (Å²) < 4.78 is 4.38. The van der Waals surface area contributed by atoms with Gasteiger partial charge in [0.2, 0.25) is 0 Å². The molecule has 0 unspecified atom stereocenters. The Morgan fingerprint density at radius 2 is 2.27 bits per heavy atom. The molecule has 0 amide bonds. The van der Waals surface area contributed by atoms with Crippen molar-refractivity contribution in [1.29, 1.82) is 0 Å². The Hall–Kier alpha value is -2.17. The number of hydrogen-bond donors (Lipinski definition) is 1. The van der Waals surface area contributed by atoms with Gasteiger partial charge < -0.3 is 9.84 Å². The molecule has 0 radical (unpaired) electrons. The topological polar surface area (TPSA) is 76.5 Å². The first kappa shape index (κ1) is 10.9. The molecule has 0 spiro atoms. The second-order valence-corrected chi connectivity index (χ2v) is 2.63. The van der Waals surface area contributed by atoms with E-state index in [-0.39, 0.29) is 5.56 Å². The molecule has 0 saturated carbocycles. The molecule has 0 aliphatic heterocycles. The summed E-state index contributed by atoms with van der Waals surface area (Å²) in [4.78, 5) is 25.2. The van der Waals surface area contributed by atoms with E-state index in [2.05, 4.69) is 9.72 Å². The number of rotatable bonds is 3. The summed E-state index contributed by atoms with van der Waals surface area (Å²) in [6.07, 6.45) is 3.92. The number of carbonyl (C=O) groups excluding carboxylic acids is 1. The summed E-state index contributed by atoms with van der Waals surface area (Å²) in [6, 6.07) is 2.74. The molecule has 5 nitrogen and oxygen atoms in total. The minimum Gasteiger partial charge on any atom is -0.478 e. The average molecular weight is 207 g/mol. The van der Waals surface area contributed by atoms with Crippen molar-refractivity contribution in [1.82, 2.24) is 4.98 Å². The highest BCUT2D eigenvalue weighted by Crippen LogP contribution is 2.03. The lowest BCUT2D eigenvalue weighted by Gasteiger charge is -1.95. The maximum Gasteiger partial charge on any atom is 0.335 e. The number of ether oxygens (including phenoxy) is 1. The van der Waals surface area contributed by atoms with Crippen LogP contribution in [0.3, 0.4) is 0 Å². The Bertz CT molecular complexity index is 412. The van der Waals surface area contributed by atoms with Gasteiger partial charge in [-0.2, -0.15) is 0 Å². The van der Waals surface area contributed by atoms with E-state index >= 15 is 0 Å². The molecule has 0 bridgehead atoms. The molecule has 1 heterocycles. The number of aromatic nitrogens is 1. The highest BCUT2D eigenvalue weighted by Gasteiger charge is 2.02. The molecule has 1 N–H and O–H groups in total. The lowest BCUT2D eigenvalue weighted by molar-refractivity contribution is -0.134. The first-order valence-corrected chi connectivity index (χ1v) is 4.09. The summed E-state index contributed by atoms with van der Waals surface area (Å²) >= 11 is 0. The van der Waals surface area contributed by atoms with Crippen molar-refractivity contribution < 1.29 is 19.4 Å². The Morgan fingerprint density at radius 3 is 2.87 bits per heavy atom. The molecule has 1 rings (SSSR count). The van der Waals surface area contributed by atoms with Crippen molar-refractivity contribution in [3.8, 4) is 0 Å². The van der Waals surface area contributed by atoms with Crippen LogP contribution in [0.1, 0.15) is 16.1 Å². The fraction of sp³-hybridized carbons (Fsp3) is 0.100. The first-order valence-electron chi connectivity index (χ1n) is 4.09. The summed E-state index contributed by atoms with van der Waals surface area (Å²) in [6.45, 7) is 0. The number of esters is 1. The maximum absolute atomic E-state index is 10.8. The van der Waals surface area contributed by atoms with Gasteiger partial charge in [0, 0.05) is 12.3 Å². The zero-order valence-corrected chi connectivity index (χ0v) is 8.01. The monoisotopic (exact) mass is 207 g/mol. The van der Waals surface area contributed by atoms with Crippen molar-refractivity contribution >= 4 is 18.0 Å². The number of pyridine rings is 1. The highest BCUT2D eigenvalue weighted by atomic mass is 16.5. The van der Waals surface area contributed by atoms with E-state index < -0.39 is 11.9 Å². The minimum absolute atomic E-state index is 0.120. The van der Waals surface area contributed by atoms with Crippen LogP contribution in [-0.2, 0) is 9.53 Å². The van der Waals surface area contributed by atoms with Crippen molar-refractivity contribution in [2.45, 2.75) is 0 Å². The maximum atomic E-state index is 10.8. The fourth-order valence-corrected chi connectivity index (χ4v) is 0.894. The van der Waals surface area contributed by atoms with E-state index in [1.165, 1.54) is 37.6 Å². The van der Waals surface area contributed by atoms with E-state index in [9.17, 15) is 9.59 Å². The molecular formula is C10H9NO4. The van der Waals surface area contributed by atoms with Gasteiger partial charge in [0.05, 0.1) is 18.4 Å². The van der Waals surface area contributed by atoms with E-state index in [1.54, 1.807) is 0 Å². The second-order valence-electron chi connectivity index (χ2n) is 2.63. The van der Waals surface area contributed by atoms with Crippen LogP contribution in [0.25, 0.3) is 6.08 Å². The van der Waals surface area contributed by atoms with Gasteiger partial charge in [-0.05, 0) is 18.2 Å². The van der Waals surface area contributed by atoms with Crippen LogP contribution in [-0.4, -0.2) is 29.1 Å². The van der Waals surface area contributed by atoms with Crippen molar-refractivity contribution in [3.05, 3.63) is 35.7 Å². The van der Waals surface area contributed by atoms with E-state index in [1.807, 2.05) is 0 Å². The third-order valence-corrected chi connectivity index (χ3v) is 1.62. The van der Waals surface area contributed by atoms with Crippen molar-refractivity contribution in [2.75, 3.05) is 7.11 Å². The Labute approximate surface area is 86.0 Å². The Balaban J connectivity index is 2.87. The molecule has 15 heavy (non-hydrogen) atoms. The summed E-state index contributed by atoms with van der Waals surface area (Å²) in [5, 5.41) is 8.69. The molecule has 0 fully saturated rings. The number of carbonyl (C=O) groups is 2. The zero-order chi connectivity index (χ0) is 11.3. The lowest BCUT2D eigenvalue weighted by atomic mass is 10.2. The van der Waals surface area contributed by atoms with Gasteiger partial charge in [0.25, 0.3) is 0 Å². The van der Waals surface area contributed by atoms with Gasteiger partial charge in [-0.1, -0.05) is 0 Å². The number of methoxy groups -OCH3 is 1. The van der Waals surface area contributed by atoms with Crippen LogP contribution in [0.4, 0.5) is 0 Å². The van der Waals surface area contributed by atoms with Gasteiger partial charge in [-0.25, -0.2) is 9.59 Å². The van der Waals surface area contributed by atoms with Gasteiger partial charge in [0.1, 0.15) is 0 Å². The normalized spacial score (nSPS) is 10.2. The second kappa shape index (κ2) is 4.90. The standard InChI is InChI=1S/C10H9NO4/c1-15-9(12)3-2-8-6-7(10(13)14)4-5-11-8/h2-6H,1H3,(H,13,14). The lowest BCUT2D eigenvalue weighted by Crippen LogP contribution is -1.98. The van der Waals surface area contributed by atoms with Gasteiger partial charge in [0.15, 0.2) is 0 Å². The SMILES string of the molecule is COC(=O)C=Cc1cc(C(=O)O)ccn1. The minimum atomic E-state index is -1.04. The quantitative estimate of drug-likeness (QED) is 0.590. The molecule has 1 aromatic rings. The third-order valence-electron chi connectivity index (χ3n) is 1.62. The van der Waals surface area contributed by atoms with Crippen LogP contribution in [0.15, 0.2) is 24.4 Å². The predicted molar refractivity (Wildman–Crippen MR) is 52.2 cm³/mol. The van der Waals surface area contributed by atoms with Crippen LogP contribution >= 0.6 is 0 Å². The van der Waals surface area contributed by atoms with Crippen LogP contribution in [0.2, 0.25) is 0 Å². The number of nitrogens with zero attached hydrogens (tertiary/aromatic N) is 1. The van der Waals surface area contributed by atoms with E-state index in [4.69, 9.17) is 5.11 Å². The summed E-state index contributed by atoms with van der Waals surface area (Å²) in [5.41, 5.74) is 0.509. The first-order chi connectivity index (χ1) is 7.13. The van der Waals surface area contributed by atoms with Crippen molar-refractivity contribution in [2.24, 2.45) is 0 Å². The largest absolute Gasteiger partial charge is 0.478 e. The van der Waals surface area contributed by atoms with E-state index in [0.717, 1.165) is 0 Å². The molecule has 0 aliphatic rings. The summed E-state index contributed by atoms with van der Waals surface area (Å²) in [7, 11) is 1.26. The van der Waals surface area contributed by atoms with Crippen LogP contribution < -0.4 is 0 Å². The van der Waals surface area contributed by atoms with Gasteiger partial charge >= 0.3 is 11.9 Å². The average Bonchev–Trinajstić information content (AvgIpc) is 2.26. The number of hydrogen-bond acceptors (Lipinski definition) is 4. The fourth-order valence-electron chi connectivity index (χ4n) is 0.894. The molecule has 78 valence electrons. The predicted octanol–water partition coefficient (Wildman–Crippen LogP) is 0.966. The van der Waals surface area contributed by atoms with E-state index in [0.29, 0.717) is 5.69 Å². The Morgan fingerprint density at radius 1 is 1.53 bits per heavy atom. The van der Waals surface area contributed by atoms with Crippen molar-refractivity contribution in [3.63, 3.8) is 0 Å². The zero-order valence-electron chi connectivity index (χ0n) is 8.01. The van der Waals surface area contributed by atoms with Crippen LogP contribution in [0.5, 0.6) is 0 Å². The molecule has 0 aliphatic carbocycles. The smallest absolute Gasteiger partial charge is 0.335 e. The number of carboxylic acids is 1.